The number of nitrogens with one attached hydrogen (secondary N) is 2. The summed E-state index contributed by atoms with van der Waals surface area (Å²) >= 11 is 0. The molecule has 0 saturated carbocycles. The second-order valence-corrected chi connectivity index (χ2v) is 9.56. The van der Waals surface area contributed by atoms with E-state index < -0.39 is 22.7 Å². The van der Waals surface area contributed by atoms with Crippen molar-refractivity contribution >= 4 is 33.5 Å². The number of piperidine rings is 1. The summed E-state index contributed by atoms with van der Waals surface area (Å²) in [6, 6.07) is 16.7. The van der Waals surface area contributed by atoms with Crippen LogP contribution in [0.3, 0.4) is 0 Å². The van der Waals surface area contributed by atoms with Gasteiger partial charge in [-0.05, 0) is 55.1 Å². The molecule has 1 aliphatic heterocycles. The summed E-state index contributed by atoms with van der Waals surface area (Å²) in [4.78, 5) is 26.0. The Kier molecular flexibility index (Phi) is 9.39. The number of carbonyl (C=O) groups is 2. The van der Waals surface area contributed by atoms with Gasteiger partial charge in [0.25, 0.3) is 0 Å². The van der Waals surface area contributed by atoms with Gasteiger partial charge in [-0.1, -0.05) is 42.5 Å². The van der Waals surface area contributed by atoms with Gasteiger partial charge in [-0.2, -0.15) is 9.57 Å². The molecule has 3 rings (SSSR count). The van der Waals surface area contributed by atoms with Crippen molar-refractivity contribution in [3.63, 3.8) is 0 Å². The third-order valence-electron chi connectivity index (χ3n) is 6.31. The lowest BCUT2D eigenvalue weighted by atomic mass is 9.93. The van der Waals surface area contributed by atoms with Gasteiger partial charge in [-0.15, -0.1) is 0 Å². The molecule has 1 atom stereocenters. The van der Waals surface area contributed by atoms with Crippen LogP contribution in [0, 0.1) is 17.2 Å². The molecule has 0 spiro atoms. The number of fused-ring (bicyclic) bond motifs is 1. The first-order chi connectivity index (χ1) is 16.4. The first kappa shape index (κ1) is 25.6. The Hall–Kier alpha value is -3.00. The Balaban J connectivity index is 1.51. The van der Waals surface area contributed by atoms with Crippen LogP contribution in [0.4, 0.5) is 0 Å². The number of hydrogen-bond acceptors (Lipinski definition) is 6. The number of nitriles is 1. The Bertz CT molecular complexity index is 1110. The summed E-state index contributed by atoms with van der Waals surface area (Å²) in [5, 5.41) is 15.6. The van der Waals surface area contributed by atoms with Gasteiger partial charge in [0, 0.05) is 12.6 Å². The minimum absolute atomic E-state index is 0.148. The number of amides is 2. The normalized spacial score (nSPS) is 15.8. The van der Waals surface area contributed by atoms with Gasteiger partial charge in [0.1, 0.15) is 6.54 Å². The van der Waals surface area contributed by atoms with E-state index in [1.54, 1.807) is 6.07 Å². The van der Waals surface area contributed by atoms with Crippen LogP contribution in [0.5, 0.6) is 0 Å². The monoisotopic (exact) mass is 485 g/mol. The third kappa shape index (κ3) is 7.00. The molecule has 1 heterocycles. The molecule has 0 aliphatic carbocycles. The Morgan fingerprint density at radius 3 is 2.53 bits per heavy atom. The second-order valence-electron chi connectivity index (χ2n) is 8.52. The lowest BCUT2D eigenvalue weighted by Crippen LogP contribution is -2.44. The molecule has 2 aromatic rings. The zero-order chi connectivity index (χ0) is 24.5. The van der Waals surface area contributed by atoms with Crippen molar-refractivity contribution in [3.05, 3.63) is 48.0 Å². The highest BCUT2D eigenvalue weighted by molar-refractivity contribution is 7.69. The number of carbonyl (C=O) groups excluding carboxylic acids is 2. The van der Waals surface area contributed by atoms with Crippen LogP contribution in [-0.4, -0.2) is 68.7 Å². The number of hydrogen-bond donors (Lipinski definition) is 3. The summed E-state index contributed by atoms with van der Waals surface area (Å²) in [6.07, 6.45) is 1.68. The van der Waals surface area contributed by atoms with Gasteiger partial charge in [0.15, 0.2) is 0 Å². The molecule has 182 valence electrons. The van der Waals surface area contributed by atoms with Crippen molar-refractivity contribution in [1.29, 1.82) is 5.26 Å². The van der Waals surface area contributed by atoms with E-state index in [0.717, 1.165) is 30.2 Å². The van der Waals surface area contributed by atoms with E-state index in [2.05, 4.69) is 58.9 Å². The molecule has 0 bridgehead atoms. The van der Waals surface area contributed by atoms with Gasteiger partial charge >= 0.3 is 0 Å². The molecule has 0 aromatic heterocycles. The molecule has 9 nitrogen and oxygen atoms in total. The lowest BCUT2D eigenvalue weighted by molar-refractivity contribution is -0.126. The van der Waals surface area contributed by atoms with Crippen molar-refractivity contribution in [2.75, 3.05) is 39.3 Å². The van der Waals surface area contributed by atoms with Crippen LogP contribution < -0.4 is 10.6 Å². The maximum atomic E-state index is 12.1. The molecule has 2 N–H and O–H groups in total. The van der Waals surface area contributed by atoms with E-state index in [9.17, 15) is 18.0 Å². The number of rotatable bonds is 10. The summed E-state index contributed by atoms with van der Waals surface area (Å²) < 4.78 is 24.6. The van der Waals surface area contributed by atoms with E-state index in [4.69, 9.17) is 5.26 Å². The van der Waals surface area contributed by atoms with Gasteiger partial charge in [0.2, 0.25) is 22.7 Å². The molecule has 34 heavy (non-hydrogen) atoms. The van der Waals surface area contributed by atoms with Crippen molar-refractivity contribution in [1.82, 2.24) is 19.8 Å². The predicted octanol–water partition coefficient (Wildman–Crippen LogP) is 1.20. The zero-order valence-electron chi connectivity index (χ0n) is 19.3. The van der Waals surface area contributed by atoms with Gasteiger partial charge in [-0.3, -0.25) is 14.5 Å². The molecular formula is C24H31N5O4S. The van der Waals surface area contributed by atoms with Crippen LogP contribution in [0.25, 0.3) is 10.8 Å². The molecule has 1 aliphatic rings. The minimum atomic E-state index is -2.92. The van der Waals surface area contributed by atoms with E-state index >= 15 is 0 Å². The quantitative estimate of drug-likeness (QED) is 0.343. The highest BCUT2D eigenvalue weighted by Crippen LogP contribution is 2.31. The largest absolute Gasteiger partial charge is 0.346 e. The standard InChI is InChI=1S/C24H31N5O4S/c1-18(21-8-4-6-20-5-2-3-7-22(20)21)28-13-9-19(10-14-28)16-29(34(32)33)17-24(31)27-15-23(30)26-12-11-25/h2-8,18-19,34H,9-10,12-17H2,1H3,(H,26,30)(H,27,31). The molecule has 2 amide bonds. The highest BCUT2D eigenvalue weighted by atomic mass is 32.2. The maximum Gasteiger partial charge on any atom is 0.240 e. The second kappa shape index (κ2) is 12.5. The van der Waals surface area contributed by atoms with Crippen LogP contribution in [-0.2, 0) is 20.5 Å². The smallest absolute Gasteiger partial charge is 0.240 e. The number of nitrogens with zero attached hydrogens (tertiary/aromatic N) is 3. The van der Waals surface area contributed by atoms with Crippen molar-refractivity contribution in [3.8, 4) is 6.07 Å². The van der Waals surface area contributed by atoms with Crippen molar-refractivity contribution in [2.24, 2.45) is 5.92 Å². The van der Waals surface area contributed by atoms with E-state index in [-0.39, 0.29) is 38.1 Å². The first-order valence-corrected chi connectivity index (χ1v) is 12.5. The molecule has 0 radical (unpaired) electrons. The molecule has 2 aromatic carbocycles. The van der Waals surface area contributed by atoms with E-state index in [0.29, 0.717) is 0 Å². The predicted molar refractivity (Wildman–Crippen MR) is 130 cm³/mol. The van der Waals surface area contributed by atoms with Crippen LogP contribution in [0.15, 0.2) is 42.5 Å². The number of benzene rings is 2. The van der Waals surface area contributed by atoms with Crippen molar-refractivity contribution in [2.45, 2.75) is 25.8 Å². The Morgan fingerprint density at radius 2 is 1.82 bits per heavy atom. The Labute approximate surface area is 201 Å². The minimum Gasteiger partial charge on any atom is -0.346 e. The highest BCUT2D eigenvalue weighted by Gasteiger charge is 2.27. The van der Waals surface area contributed by atoms with Crippen LogP contribution in [0.2, 0.25) is 0 Å². The summed E-state index contributed by atoms with van der Waals surface area (Å²) in [7, 11) is -2.92. The maximum absolute atomic E-state index is 12.1. The molecule has 1 saturated heterocycles. The zero-order valence-corrected chi connectivity index (χ0v) is 20.2. The van der Waals surface area contributed by atoms with Gasteiger partial charge in [0.05, 0.1) is 19.2 Å². The SMILES string of the molecule is CC(c1cccc2ccccc12)N1CCC(CN(CC(=O)NCC(=O)NCC#N)[SH](=O)=O)CC1. The lowest BCUT2D eigenvalue weighted by Gasteiger charge is -2.37. The summed E-state index contributed by atoms with van der Waals surface area (Å²) in [5.41, 5.74) is 1.29. The van der Waals surface area contributed by atoms with Gasteiger partial charge in [-0.25, -0.2) is 8.42 Å². The summed E-state index contributed by atoms with van der Waals surface area (Å²) in [6.45, 7) is 3.42. The Morgan fingerprint density at radius 1 is 1.12 bits per heavy atom. The van der Waals surface area contributed by atoms with E-state index in [1.165, 1.54) is 16.3 Å². The molecule has 10 heteroatoms. The first-order valence-electron chi connectivity index (χ1n) is 11.4. The van der Waals surface area contributed by atoms with Crippen LogP contribution >= 0.6 is 0 Å². The van der Waals surface area contributed by atoms with E-state index in [1.807, 2.05) is 6.07 Å². The fraction of sp³-hybridized carbons (Fsp3) is 0.458. The van der Waals surface area contributed by atoms with Crippen LogP contribution in [0.1, 0.15) is 31.4 Å². The topological polar surface area (TPSA) is 123 Å². The molecular weight excluding hydrogens is 454 g/mol. The van der Waals surface area contributed by atoms with Gasteiger partial charge < -0.3 is 10.6 Å². The van der Waals surface area contributed by atoms with Crippen molar-refractivity contribution < 1.29 is 18.0 Å². The third-order valence-corrected chi connectivity index (χ3v) is 7.07. The average molecular weight is 486 g/mol. The average Bonchev–Trinajstić information content (AvgIpc) is 2.85. The fourth-order valence-corrected chi connectivity index (χ4v) is 5.03. The summed E-state index contributed by atoms with van der Waals surface area (Å²) in [5.74, 6) is -0.885. The number of likely N-dealkylation sites (tertiary alicyclic amines) is 1. The molecule has 1 fully saturated rings. The number of thiol groups is 1. The molecule has 1 unspecified atom stereocenters. The fourth-order valence-electron chi connectivity index (χ4n) is 4.42.